The number of rotatable bonds is 1. The highest BCUT2D eigenvalue weighted by Gasteiger charge is 2.55. The van der Waals surface area contributed by atoms with Gasteiger partial charge in [0.25, 0.3) is 0 Å². The number of carbonyl (C=O) groups is 3. The van der Waals surface area contributed by atoms with Gasteiger partial charge in [0.15, 0.2) is 0 Å². The Kier molecular flexibility index (Phi) is 4.02. The van der Waals surface area contributed by atoms with Gasteiger partial charge in [0.05, 0.1) is 17.9 Å². The predicted molar refractivity (Wildman–Crippen MR) is 87.5 cm³/mol. The van der Waals surface area contributed by atoms with Crippen LogP contribution in [0.1, 0.15) is 44.9 Å². The van der Waals surface area contributed by atoms with Gasteiger partial charge in [-0.3, -0.25) is 14.4 Å². The molecule has 3 heterocycles. The van der Waals surface area contributed by atoms with Crippen molar-refractivity contribution in [1.29, 1.82) is 0 Å². The van der Waals surface area contributed by atoms with Crippen molar-refractivity contribution in [3.63, 3.8) is 0 Å². The van der Waals surface area contributed by atoms with E-state index in [4.69, 9.17) is 9.47 Å². The minimum Gasteiger partial charge on any atom is -0.458 e. The molecular formula is C18H26N2O5. The summed E-state index contributed by atoms with van der Waals surface area (Å²) in [7, 11) is 1.80. The molecule has 0 aromatic heterocycles. The van der Waals surface area contributed by atoms with Crippen LogP contribution in [0.2, 0.25) is 0 Å². The zero-order chi connectivity index (χ0) is 17.7. The summed E-state index contributed by atoms with van der Waals surface area (Å²) in [6, 6.07) is 0. The number of morpholine rings is 1. The van der Waals surface area contributed by atoms with E-state index >= 15 is 0 Å². The van der Waals surface area contributed by atoms with Gasteiger partial charge in [-0.15, -0.1) is 0 Å². The minimum absolute atomic E-state index is 0.00826. The van der Waals surface area contributed by atoms with Crippen LogP contribution < -0.4 is 0 Å². The fourth-order valence-corrected chi connectivity index (χ4v) is 4.98. The molecule has 4 fully saturated rings. The summed E-state index contributed by atoms with van der Waals surface area (Å²) in [5.74, 6) is -0.491. The monoisotopic (exact) mass is 350 g/mol. The molecule has 25 heavy (non-hydrogen) atoms. The van der Waals surface area contributed by atoms with Gasteiger partial charge in [-0.1, -0.05) is 0 Å². The Hall–Kier alpha value is -1.63. The van der Waals surface area contributed by atoms with Crippen LogP contribution in [-0.4, -0.2) is 72.1 Å². The first-order chi connectivity index (χ1) is 11.9. The minimum atomic E-state index is -0.544. The van der Waals surface area contributed by atoms with Gasteiger partial charge >= 0.3 is 5.97 Å². The van der Waals surface area contributed by atoms with Crippen molar-refractivity contribution in [3.05, 3.63) is 0 Å². The second-order valence-electron chi connectivity index (χ2n) is 8.05. The zero-order valence-corrected chi connectivity index (χ0v) is 14.8. The number of nitrogens with zero attached hydrogens (tertiary/aromatic N) is 2. The molecule has 1 atom stereocenters. The number of hydrogen-bond donors (Lipinski definition) is 0. The molecule has 3 saturated heterocycles. The molecule has 0 bridgehead atoms. The third kappa shape index (κ3) is 2.82. The maximum absolute atomic E-state index is 13.1. The summed E-state index contributed by atoms with van der Waals surface area (Å²) < 4.78 is 11.5. The molecule has 0 aromatic carbocycles. The molecule has 1 unspecified atom stereocenters. The van der Waals surface area contributed by atoms with Crippen molar-refractivity contribution in [2.45, 2.75) is 56.1 Å². The molecule has 4 aliphatic rings. The van der Waals surface area contributed by atoms with E-state index in [0.29, 0.717) is 19.6 Å². The lowest BCUT2D eigenvalue weighted by Crippen LogP contribution is -2.59. The smallest absolute Gasteiger partial charge is 0.307 e. The van der Waals surface area contributed by atoms with Crippen LogP contribution in [0, 0.1) is 5.92 Å². The molecule has 0 radical (unpaired) electrons. The summed E-state index contributed by atoms with van der Waals surface area (Å²) in [6.07, 6.45) is 5.33. The van der Waals surface area contributed by atoms with Crippen LogP contribution in [0.3, 0.4) is 0 Å². The third-order valence-corrected chi connectivity index (χ3v) is 6.51. The molecule has 0 N–H and O–H groups in total. The topological polar surface area (TPSA) is 76.2 Å². The normalized spacial score (nSPS) is 31.0. The SMILES string of the molecule is CN1CC2(CCN(C(=O)C3CC(=O)OC34CCCC4)CC2)OCC1=O. The predicted octanol–water partition coefficient (Wildman–Crippen LogP) is 0.712. The number of ether oxygens (including phenoxy) is 2. The molecule has 4 rings (SSSR count). The van der Waals surface area contributed by atoms with Gasteiger partial charge in [0, 0.05) is 26.7 Å². The molecule has 2 spiro atoms. The molecule has 0 aromatic rings. The highest BCUT2D eigenvalue weighted by molar-refractivity contribution is 5.88. The molecule has 2 amide bonds. The fourth-order valence-electron chi connectivity index (χ4n) is 4.98. The molecular weight excluding hydrogens is 324 g/mol. The molecule has 1 saturated carbocycles. The van der Waals surface area contributed by atoms with Crippen LogP contribution >= 0.6 is 0 Å². The Morgan fingerprint density at radius 2 is 1.80 bits per heavy atom. The van der Waals surface area contributed by atoms with Gasteiger partial charge < -0.3 is 19.3 Å². The van der Waals surface area contributed by atoms with E-state index in [1.165, 1.54) is 0 Å². The van der Waals surface area contributed by atoms with Crippen molar-refractivity contribution in [2.75, 3.05) is 33.3 Å². The van der Waals surface area contributed by atoms with Crippen LogP contribution in [0.5, 0.6) is 0 Å². The number of hydrogen-bond acceptors (Lipinski definition) is 5. The lowest BCUT2D eigenvalue weighted by Gasteiger charge is -2.46. The molecule has 138 valence electrons. The highest BCUT2D eigenvalue weighted by Crippen LogP contribution is 2.46. The van der Waals surface area contributed by atoms with E-state index in [1.807, 2.05) is 4.90 Å². The van der Waals surface area contributed by atoms with Crippen molar-refractivity contribution in [1.82, 2.24) is 9.80 Å². The Labute approximate surface area is 147 Å². The summed E-state index contributed by atoms with van der Waals surface area (Å²) >= 11 is 0. The van der Waals surface area contributed by atoms with Crippen molar-refractivity contribution in [2.24, 2.45) is 5.92 Å². The first kappa shape index (κ1) is 16.8. The number of carbonyl (C=O) groups excluding carboxylic acids is 3. The van der Waals surface area contributed by atoms with Gasteiger partial charge in [-0.2, -0.15) is 0 Å². The molecule has 7 nitrogen and oxygen atoms in total. The van der Waals surface area contributed by atoms with E-state index in [2.05, 4.69) is 0 Å². The van der Waals surface area contributed by atoms with Gasteiger partial charge in [0.1, 0.15) is 12.2 Å². The Morgan fingerprint density at radius 3 is 2.44 bits per heavy atom. The van der Waals surface area contributed by atoms with Crippen LogP contribution in [0.4, 0.5) is 0 Å². The maximum atomic E-state index is 13.1. The van der Waals surface area contributed by atoms with Gasteiger partial charge in [-0.25, -0.2) is 0 Å². The lowest BCUT2D eigenvalue weighted by molar-refractivity contribution is -0.172. The number of piperidine rings is 1. The van der Waals surface area contributed by atoms with E-state index in [9.17, 15) is 14.4 Å². The molecule has 7 heteroatoms. The largest absolute Gasteiger partial charge is 0.458 e. The average molecular weight is 350 g/mol. The fraction of sp³-hybridized carbons (Fsp3) is 0.833. The van der Waals surface area contributed by atoms with Crippen LogP contribution in [-0.2, 0) is 23.9 Å². The first-order valence-electron chi connectivity index (χ1n) is 9.32. The van der Waals surface area contributed by atoms with Crippen LogP contribution in [0.15, 0.2) is 0 Å². The van der Waals surface area contributed by atoms with Gasteiger partial charge in [-0.05, 0) is 38.5 Å². The maximum Gasteiger partial charge on any atom is 0.307 e. The number of likely N-dealkylation sites (N-methyl/N-ethyl adjacent to an activating group) is 1. The van der Waals surface area contributed by atoms with Crippen molar-refractivity contribution < 1.29 is 23.9 Å². The summed E-state index contributed by atoms with van der Waals surface area (Å²) in [5.41, 5.74) is -0.871. The molecule has 1 aliphatic carbocycles. The van der Waals surface area contributed by atoms with Crippen molar-refractivity contribution >= 4 is 17.8 Å². The lowest BCUT2D eigenvalue weighted by atomic mass is 9.83. The number of esters is 1. The summed E-state index contributed by atoms with van der Waals surface area (Å²) in [4.78, 5) is 40.2. The second kappa shape index (κ2) is 5.97. The van der Waals surface area contributed by atoms with Crippen molar-refractivity contribution in [3.8, 4) is 0 Å². The Morgan fingerprint density at radius 1 is 1.12 bits per heavy atom. The zero-order valence-electron chi connectivity index (χ0n) is 14.8. The first-order valence-corrected chi connectivity index (χ1v) is 9.32. The second-order valence-corrected chi connectivity index (χ2v) is 8.05. The van der Waals surface area contributed by atoms with E-state index < -0.39 is 5.60 Å². The quantitative estimate of drug-likeness (QED) is 0.651. The van der Waals surface area contributed by atoms with E-state index in [1.54, 1.807) is 11.9 Å². The number of likely N-dealkylation sites (tertiary alicyclic amines) is 1. The third-order valence-electron chi connectivity index (χ3n) is 6.51. The van der Waals surface area contributed by atoms with E-state index in [-0.39, 0.29) is 42.3 Å². The Bertz CT molecular complexity index is 590. The highest BCUT2D eigenvalue weighted by atomic mass is 16.6. The van der Waals surface area contributed by atoms with Gasteiger partial charge in [0.2, 0.25) is 11.8 Å². The average Bonchev–Trinajstić information content (AvgIpc) is 3.19. The van der Waals surface area contributed by atoms with Crippen LogP contribution in [0.25, 0.3) is 0 Å². The standard InChI is InChI=1S/C18H26N2O5/c1-19-12-17(24-11-14(19)21)6-8-20(9-7-17)16(23)13-10-15(22)25-18(13)4-2-3-5-18/h13H,2-12H2,1H3. The summed E-state index contributed by atoms with van der Waals surface area (Å²) in [5, 5.41) is 0. The Balaban J connectivity index is 1.41. The van der Waals surface area contributed by atoms with E-state index in [0.717, 1.165) is 38.5 Å². The number of amides is 2. The summed E-state index contributed by atoms with van der Waals surface area (Å²) in [6.45, 7) is 1.94. The molecule has 3 aliphatic heterocycles.